The molecule has 2 rings (SSSR count). The molecule has 104 valence electrons. The first-order valence-electron chi connectivity index (χ1n) is 5.93. The Morgan fingerprint density at radius 3 is 2.26 bits per heavy atom. The minimum Gasteiger partial charge on any atom is -0.409 e. The zero-order chi connectivity index (χ0) is 14.0. The molecule has 0 aliphatic carbocycles. The fraction of sp³-hybridized carbons (Fsp3) is 0.417. The minimum absolute atomic E-state index is 0.0155. The Labute approximate surface area is 108 Å². The molecule has 1 heterocycles. The van der Waals surface area contributed by atoms with Gasteiger partial charge in [0.25, 0.3) is 0 Å². The molecule has 5 nitrogen and oxygen atoms in total. The van der Waals surface area contributed by atoms with Crippen LogP contribution in [0.15, 0.2) is 17.3 Å². The molecule has 0 bridgehead atoms. The van der Waals surface area contributed by atoms with E-state index in [1.165, 1.54) is 0 Å². The average molecular weight is 271 g/mol. The van der Waals surface area contributed by atoms with Crippen molar-refractivity contribution in [1.29, 1.82) is 0 Å². The first-order valence-corrected chi connectivity index (χ1v) is 5.93. The van der Waals surface area contributed by atoms with E-state index in [1.54, 1.807) is 4.90 Å². The highest BCUT2D eigenvalue weighted by atomic mass is 19.1. The quantitative estimate of drug-likeness (QED) is 0.324. The molecule has 0 radical (unpaired) electrons. The molecule has 0 aromatic heterocycles. The summed E-state index contributed by atoms with van der Waals surface area (Å²) >= 11 is 0. The number of hydrogen-bond acceptors (Lipinski definition) is 4. The number of piperidine rings is 1. The summed E-state index contributed by atoms with van der Waals surface area (Å²) in [5, 5.41) is 20.6. The van der Waals surface area contributed by atoms with E-state index in [1.807, 2.05) is 0 Å². The fourth-order valence-electron chi connectivity index (χ4n) is 2.16. The topological polar surface area (TPSA) is 82.1 Å². The van der Waals surface area contributed by atoms with Crippen molar-refractivity contribution >= 4 is 11.5 Å². The normalized spacial score (nSPS) is 17.8. The molecule has 19 heavy (non-hydrogen) atoms. The van der Waals surface area contributed by atoms with E-state index in [-0.39, 0.29) is 17.1 Å². The molecule has 1 saturated heterocycles. The number of nitrogens with two attached hydrogens (primary N) is 1. The summed E-state index contributed by atoms with van der Waals surface area (Å²) in [6.45, 7) is 0.774. The Morgan fingerprint density at radius 1 is 1.26 bits per heavy atom. The Balaban J connectivity index is 2.32. The number of amidine groups is 1. The average Bonchev–Trinajstić information content (AvgIpc) is 2.39. The molecule has 0 spiro atoms. The van der Waals surface area contributed by atoms with Crippen LogP contribution in [0.4, 0.5) is 14.5 Å². The third-order valence-corrected chi connectivity index (χ3v) is 3.20. The van der Waals surface area contributed by atoms with Crippen LogP contribution < -0.4 is 10.6 Å². The number of aliphatic hydroxyl groups is 1. The van der Waals surface area contributed by atoms with Gasteiger partial charge in [-0.2, -0.15) is 0 Å². The SMILES string of the molecule is N/C(=N/O)c1cc(F)c(N2CCC(O)CC2)c(F)c1. The molecule has 0 saturated carbocycles. The van der Waals surface area contributed by atoms with Gasteiger partial charge in [0.2, 0.25) is 0 Å². The number of oxime groups is 1. The molecule has 0 amide bonds. The van der Waals surface area contributed by atoms with E-state index in [4.69, 9.17) is 10.9 Å². The molecule has 1 aromatic rings. The molecule has 1 aliphatic rings. The van der Waals surface area contributed by atoms with Crippen molar-refractivity contribution in [2.75, 3.05) is 18.0 Å². The summed E-state index contributed by atoms with van der Waals surface area (Å²) in [5.74, 6) is -1.88. The molecule has 1 fully saturated rings. The first kappa shape index (κ1) is 13.5. The summed E-state index contributed by atoms with van der Waals surface area (Å²) in [6, 6.07) is 2.05. The van der Waals surface area contributed by atoms with Gasteiger partial charge in [-0.25, -0.2) is 8.78 Å². The van der Waals surface area contributed by atoms with Crippen LogP contribution in [0.1, 0.15) is 18.4 Å². The number of aliphatic hydroxyl groups excluding tert-OH is 1. The Morgan fingerprint density at radius 2 is 1.79 bits per heavy atom. The summed E-state index contributed by atoms with van der Waals surface area (Å²) in [6.07, 6.45) is 0.528. The van der Waals surface area contributed by atoms with E-state index < -0.39 is 17.7 Å². The van der Waals surface area contributed by atoms with Gasteiger partial charge in [-0.3, -0.25) is 0 Å². The lowest BCUT2D eigenvalue weighted by molar-refractivity contribution is 0.145. The molecule has 0 unspecified atom stereocenters. The maximum absolute atomic E-state index is 14.0. The van der Waals surface area contributed by atoms with Gasteiger partial charge in [-0.1, -0.05) is 5.16 Å². The van der Waals surface area contributed by atoms with Crippen LogP contribution in [-0.4, -0.2) is 35.3 Å². The smallest absolute Gasteiger partial charge is 0.170 e. The molecule has 1 aliphatic heterocycles. The molecule has 1 aromatic carbocycles. The summed E-state index contributed by atoms with van der Waals surface area (Å²) in [5.41, 5.74) is 5.15. The van der Waals surface area contributed by atoms with E-state index in [0.717, 1.165) is 12.1 Å². The molecular weight excluding hydrogens is 256 g/mol. The number of hydrogen-bond donors (Lipinski definition) is 3. The van der Waals surface area contributed by atoms with Gasteiger partial charge >= 0.3 is 0 Å². The highest BCUT2D eigenvalue weighted by molar-refractivity contribution is 5.97. The van der Waals surface area contributed by atoms with Crippen molar-refractivity contribution in [2.24, 2.45) is 10.9 Å². The number of nitrogens with zero attached hydrogens (tertiary/aromatic N) is 2. The van der Waals surface area contributed by atoms with Crippen LogP contribution in [0, 0.1) is 11.6 Å². The monoisotopic (exact) mass is 271 g/mol. The van der Waals surface area contributed by atoms with Crippen molar-refractivity contribution in [3.8, 4) is 0 Å². The van der Waals surface area contributed by atoms with Crippen LogP contribution >= 0.6 is 0 Å². The van der Waals surface area contributed by atoms with Gasteiger partial charge in [-0.15, -0.1) is 0 Å². The van der Waals surface area contributed by atoms with Crippen LogP contribution in [0.3, 0.4) is 0 Å². The van der Waals surface area contributed by atoms with Gasteiger partial charge in [0.15, 0.2) is 5.84 Å². The van der Waals surface area contributed by atoms with Crippen LogP contribution in [0.5, 0.6) is 0 Å². The lowest BCUT2D eigenvalue weighted by atomic mass is 10.1. The van der Waals surface area contributed by atoms with E-state index >= 15 is 0 Å². The number of benzene rings is 1. The summed E-state index contributed by atoms with van der Waals surface area (Å²) in [7, 11) is 0. The van der Waals surface area contributed by atoms with Crippen molar-refractivity contribution in [3.05, 3.63) is 29.3 Å². The van der Waals surface area contributed by atoms with Gasteiger partial charge in [-0.05, 0) is 25.0 Å². The number of anilines is 1. The second-order valence-electron chi connectivity index (χ2n) is 4.49. The molecule has 4 N–H and O–H groups in total. The van der Waals surface area contributed by atoms with Crippen molar-refractivity contribution in [3.63, 3.8) is 0 Å². The standard InChI is InChI=1S/C12H15F2N3O2/c13-9-5-7(12(15)16-19)6-10(14)11(9)17-3-1-8(18)2-4-17/h5-6,8,18-19H,1-4H2,(H2,15,16). The largest absolute Gasteiger partial charge is 0.409 e. The predicted octanol–water partition coefficient (Wildman–Crippen LogP) is 1.02. The fourth-order valence-corrected chi connectivity index (χ4v) is 2.16. The van der Waals surface area contributed by atoms with Crippen molar-refractivity contribution in [1.82, 2.24) is 0 Å². The zero-order valence-corrected chi connectivity index (χ0v) is 10.2. The van der Waals surface area contributed by atoms with Gasteiger partial charge in [0, 0.05) is 18.7 Å². The maximum Gasteiger partial charge on any atom is 0.170 e. The van der Waals surface area contributed by atoms with Crippen LogP contribution in [0.2, 0.25) is 0 Å². The van der Waals surface area contributed by atoms with E-state index in [2.05, 4.69) is 5.16 Å². The second-order valence-corrected chi connectivity index (χ2v) is 4.49. The van der Waals surface area contributed by atoms with Gasteiger partial charge < -0.3 is 20.9 Å². The van der Waals surface area contributed by atoms with Crippen LogP contribution in [0.25, 0.3) is 0 Å². The summed E-state index contributed by atoms with van der Waals surface area (Å²) in [4.78, 5) is 1.55. The number of halogens is 2. The Hall–Kier alpha value is -1.89. The first-order chi connectivity index (χ1) is 9.02. The van der Waals surface area contributed by atoms with E-state index in [9.17, 15) is 13.9 Å². The lowest BCUT2D eigenvalue weighted by Gasteiger charge is -2.32. The number of rotatable bonds is 2. The predicted molar refractivity (Wildman–Crippen MR) is 66.3 cm³/mol. The van der Waals surface area contributed by atoms with E-state index in [0.29, 0.717) is 25.9 Å². The third kappa shape index (κ3) is 2.76. The van der Waals surface area contributed by atoms with Crippen molar-refractivity contribution < 1.29 is 19.1 Å². The Kier molecular flexibility index (Phi) is 3.84. The molecule has 7 heteroatoms. The highest BCUT2D eigenvalue weighted by Crippen LogP contribution is 2.27. The van der Waals surface area contributed by atoms with Crippen molar-refractivity contribution in [2.45, 2.75) is 18.9 Å². The third-order valence-electron chi connectivity index (χ3n) is 3.20. The Bertz CT molecular complexity index is 477. The highest BCUT2D eigenvalue weighted by Gasteiger charge is 2.23. The van der Waals surface area contributed by atoms with Gasteiger partial charge in [0.05, 0.1) is 6.10 Å². The van der Waals surface area contributed by atoms with Gasteiger partial charge in [0.1, 0.15) is 17.3 Å². The second kappa shape index (κ2) is 5.40. The summed E-state index contributed by atoms with van der Waals surface area (Å²) < 4.78 is 27.9. The zero-order valence-electron chi connectivity index (χ0n) is 10.2. The minimum atomic E-state index is -0.766. The lowest BCUT2D eigenvalue weighted by Crippen LogP contribution is -2.37. The van der Waals surface area contributed by atoms with Crippen LogP contribution in [-0.2, 0) is 0 Å². The molecular formula is C12H15F2N3O2. The molecule has 0 atom stereocenters. The maximum atomic E-state index is 14.0.